The summed E-state index contributed by atoms with van der Waals surface area (Å²) < 4.78 is 0. The van der Waals surface area contributed by atoms with Gasteiger partial charge in [-0.3, -0.25) is 4.79 Å². The molecule has 0 N–H and O–H groups in total. The normalized spacial score (nSPS) is 8.31. The van der Waals surface area contributed by atoms with Crippen LogP contribution < -0.4 is 0 Å². The lowest BCUT2D eigenvalue weighted by atomic mass is 10.1. The zero-order valence-electron chi connectivity index (χ0n) is 6.99. The SMILES string of the molecule is O=CCC#Cc1cccc(C=O)c1. The highest BCUT2D eigenvalue weighted by molar-refractivity contribution is 5.75. The highest BCUT2D eigenvalue weighted by atomic mass is 16.1. The molecule has 0 heterocycles. The molecule has 0 aliphatic heterocycles. The van der Waals surface area contributed by atoms with Crippen LogP contribution in [0.4, 0.5) is 0 Å². The molecular formula is C11H8O2. The average molecular weight is 172 g/mol. The second kappa shape index (κ2) is 4.89. The highest BCUT2D eigenvalue weighted by Gasteiger charge is 1.89. The van der Waals surface area contributed by atoms with Gasteiger partial charge in [-0.25, -0.2) is 0 Å². The van der Waals surface area contributed by atoms with Crippen LogP contribution in [-0.4, -0.2) is 12.6 Å². The topological polar surface area (TPSA) is 34.1 Å². The number of rotatable bonds is 2. The van der Waals surface area contributed by atoms with E-state index in [1.54, 1.807) is 24.3 Å². The summed E-state index contributed by atoms with van der Waals surface area (Å²) in [6.45, 7) is 0. The third-order valence-corrected chi connectivity index (χ3v) is 1.44. The first kappa shape index (κ1) is 9.21. The van der Waals surface area contributed by atoms with Gasteiger partial charge in [0.2, 0.25) is 0 Å². The third kappa shape index (κ3) is 2.92. The second-order valence-electron chi connectivity index (χ2n) is 2.42. The lowest BCUT2D eigenvalue weighted by Gasteiger charge is -1.90. The fourth-order valence-corrected chi connectivity index (χ4v) is 0.884. The van der Waals surface area contributed by atoms with E-state index in [1.165, 1.54) is 0 Å². The van der Waals surface area contributed by atoms with E-state index in [1.807, 2.05) is 0 Å². The Morgan fingerprint density at radius 3 is 2.85 bits per heavy atom. The van der Waals surface area contributed by atoms with E-state index in [4.69, 9.17) is 0 Å². The maximum Gasteiger partial charge on any atom is 0.150 e. The molecule has 0 bridgehead atoms. The van der Waals surface area contributed by atoms with Crippen LogP contribution >= 0.6 is 0 Å². The van der Waals surface area contributed by atoms with Crippen LogP contribution in [0.3, 0.4) is 0 Å². The molecule has 0 aliphatic rings. The number of hydrogen-bond acceptors (Lipinski definition) is 2. The molecule has 2 nitrogen and oxygen atoms in total. The van der Waals surface area contributed by atoms with Crippen molar-refractivity contribution in [1.29, 1.82) is 0 Å². The smallest absolute Gasteiger partial charge is 0.150 e. The molecule has 0 spiro atoms. The minimum Gasteiger partial charge on any atom is -0.302 e. The predicted molar refractivity (Wildman–Crippen MR) is 49.4 cm³/mol. The molecule has 0 saturated carbocycles. The van der Waals surface area contributed by atoms with Crippen molar-refractivity contribution in [3.05, 3.63) is 35.4 Å². The van der Waals surface area contributed by atoms with Crippen molar-refractivity contribution in [3.63, 3.8) is 0 Å². The Morgan fingerprint density at radius 2 is 2.15 bits per heavy atom. The fourth-order valence-electron chi connectivity index (χ4n) is 0.884. The summed E-state index contributed by atoms with van der Waals surface area (Å²) in [7, 11) is 0. The van der Waals surface area contributed by atoms with Gasteiger partial charge in [0.1, 0.15) is 12.6 Å². The van der Waals surface area contributed by atoms with Gasteiger partial charge in [-0.05, 0) is 12.1 Å². The molecule has 0 saturated heterocycles. The van der Waals surface area contributed by atoms with E-state index < -0.39 is 0 Å². The molecule has 0 amide bonds. The molecule has 1 aromatic rings. The Morgan fingerprint density at radius 1 is 1.31 bits per heavy atom. The Kier molecular flexibility index (Phi) is 3.46. The minimum atomic E-state index is 0.227. The van der Waals surface area contributed by atoms with Gasteiger partial charge in [-0.1, -0.05) is 24.0 Å². The van der Waals surface area contributed by atoms with Gasteiger partial charge in [0.15, 0.2) is 0 Å². The zero-order chi connectivity index (χ0) is 9.52. The molecule has 0 fully saturated rings. The van der Waals surface area contributed by atoms with Crippen molar-refractivity contribution in [2.45, 2.75) is 6.42 Å². The van der Waals surface area contributed by atoms with Crippen molar-refractivity contribution < 1.29 is 9.59 Å². The van der Waals surface area contributed by atoms with Crippen LogP contribution in [-0.2, 0) is 4.79 Å². The monoisotopic (exact) mass is 172 g/mol. The fraction of sp³-hybridized carbons (Fsp3) is 0.0909. The summed E-state index contributed by atoms with van der Waals surface area (Å²) in [5.74, 6) is 5.45. The highest BCUT2D eigenvalue weighted by Crippen LogP contribution is 2.00. The number of aldehydes is 2. The van der Waals surface area contributed by atoms with Crippen molar-refractivity contribution >= 4 is 12.6 Å². The Bertz CT molecular complexity index is 369. The van der Waals surface area contributed by atoms with Crippen LogP contribution in [0.15, 0.2) is 24.3 Å². The summed E-state index contributed by atoms with van der Waals surface area (Å²) in [6.07, 6.45) is 1.74. The van der Waals surface area contributed by atoms with E-state index in [0.29, 0.717) is 5.56 Å². The number of carbonyl (C=O) groups is 2. The summed E-state index contributed by atoms with van der Waals surface area (Å²) in [5, 5.41) is 0. The van der Waals surface area contributed by atoms with Crippen LogP contribution in [0.2, 0.25) is 0 Å². The van der Waals surface area contributed by atoms with E-state index in [0.717, 1.165) is 18.1 Å². The number of carbonyl (C=O) groups excluding carboxylic acids is 2. The van der Waals surface area contributed by atoms with E-state index >= 15 is 0 Å². The van der Waals surface area contributed by atoms with E-state index in [-0.39, 0.29) is 6.42 Å². The van der Waals surface area contributed by atoms with E-state index in [9.17, 15) is 9.59 Å². The molecule has 64 valence electrons. The van der Waals surface area contributed by atoms with Gasteiger partial charge in [0, 0.05) is 11.1 Å². The van der Waals surface area contributed by atoms with Crippen LogP contribution in [0.1, 0.15) is 22.3 Å². The Hall–Kier alpha value is -1.88. The largest absolute Gasteiger partial charge is 0.302 e. The lowest BCUT2D eigenvalue weighted by molar-refractivity contribution is -0.107. The Labute approximate surface area is 76.6 Å². The van der Waals surface area contributed by atoms with Gasteiger partial charge in [-0.15, -0.1) is 0 Å². The molecule has 1 aromatic carbocycles. The van der Waals surface area contributed by atoms with Gasteiger partial charge in [0.25, 0.3) is 0 Å². The first-order valence-electron chi connectivity index (χ1n) is 3.84. The lowest BCUT2D eigenvalue weighted by Crippen LogP contribution is -1.80. The van der Waals surface area contributed by atoms with Crippen molar-refractivity contribution in [2.24, 2.45) is 0 Å². The summed E-state index contributed by atoms with van der Waals surface area (Å²) in [5.41, 5.74) is 1.35. The van der Waals surface area contributed by atoms with Crippen molar-refractivity contribution in [1.82, 2.24) is 0 Å². The molecule has 13 heavy (non-hydrogen) atoms. The third-order valence-electron chi connectivity index (χ3n) is 1.44. The molecule has 0 radical (unpaired) electrons. The summed E-state index contributed by atoms with van der Waals surface area (Å²) in [6, 6.07) is 6.95. The Balaban J connectivity index is 2.84. The van der Waals surface area contributed by atoms with Gasteiger partial charge >= 0.3 is 0 Å². The molecule has 2 heteroatoms. The standard InChI is InChI=1S/C11H8O2/c12-7-2-1-4-10-5-3-6-11(8-10)9-13/h3,5-9H,2H2. The first-order chi connectivity index (χ1) is 6.36. The van der Waals surface area contributed by atoms with Gasteiger partial charge in [-0.2, -0.15) is 0 Å². The van der Waals surface area contributed by atoms with Crippen LogP contribution in [0, 0.1) is 11.8 Å². The molecule has 0 aliphatic carbocycles. The van der Waals surface area contributed by atoms with Crippen molar-refractivity contribution in [2.75, 3.05) is 0 Å². The predicted octanol–water partition coefficient (Wildman–Crippen LogP) is 1.44. The molecule has 0 atom stereocenters. The van der Waals surface area contributed by atoms with Gasteiger partial charge in [0.05, 0.1) is 6.42 Å². The zero-order valence-corrected chi connectivity index (χ0v) is 6.99. The summed E-state index contributed by atoms with van der Waals surface area (Å²) >= 11 is 0. The van der Waals surface area contributed by atoms with Gasteiger partial charge < -0.3 is 4.79 Å². The summed E-state index contributed by atoms with van der Waals surface area (Å²) in [4.78, 5) is 20.3. The minimum absolute atomic E-state index is 0.227. The molecular weight excluding hydrogens is 164 g/mol. The average Bonchev–Trinajstić information content (AvgIpc) is 2.19. The number of hydrogen-bond donors (Lipinski definition) is 0. The van der Waals surface area contributed by atoms with Crippen LogP contribution in [0.5, 0.6) is 0 Å². The van der Waals surface area contributed by atoms with Crippen molar-refractivity contribution in [3.8, 4) is 11.8 Å². The molecule has 0 unspecified atom stereocenters. The molecule has 0 aromatic heterocycles. The second-order valence-corrected chi connectivity index (χ2v) is 2.42. The van der Waals surface area contributed by atoms with E-state index in [2.05, 4.69) is 11.8 Å². The maximum atomic E-state index is 10.4. The quantitative estimate of drug-likeness (QED) is 0.499. The molecule has 1 rings (SSSR count). The number of benzene rings is 1. The first-order valence-corrected chi connectivity index (χ1v) is 3.84. The maximum absolute atomic E-state index is 10.4. The van der Waals surface area contributed by atoms with Crippen LogP contribution in [0.25, 0.3) is 0 Å².